The molecule has 0 amide bonds. The number of aryl methyl sites for hydroxylation is 1. The summed E-state index contributed by atoms with van der Waals surface area (Å²) in [7, 11) is -2.13. The molecule has 0 fully saturated rings. The number of sulfonamides is 1. The molecular weight excluding hydrogens is 282 g/mol. The van der Waals surface area contributed by atoms with Gasteiger partial charge in [-0.25, -0.2) is 13.1 Å². The van der Waals surface area contributed by atoms with Gasteiger partial charge in [-0.1, -0.05) is 0 Å². The summed E-state index contributed by atoms with van der Waals surface area (Å²) in [6.45, 7) is 3.67. The minimum absolute atomic E-state index is 0.00225. The van der Waals surface area contributed by atoms with Crippen molar-refractivity contribution in [1.29, 1.82) is 0 Å². The predicted octanol–water partition coefficient (Wildman–Crippen LogP) is 1.24. The molecule has 0 bridgehead atoms. The Hall–Kier alpha value is -1.60. The van der Waals surface area contributed by atoms with Gasteiger partial charge in [0.2, 0.25) is 10.0 Å². The highest BCUT2D eigenvalue weighted by Gasteiger charge is 2.17. The summed E-state index contributed by atoms with van der Waals surface area (Å²) in [6.07, 6.45) is 0.00225. The summed E-state index contributed by atoms with van der Waals surface area (Å²) < 4.78 is 36.3. The first kappa shape index (κ1) is 16.5. The average Bonchev–Trinajstić information content (AvgIpc) is 2.38. The normalized spacial score (nSPS) is 11.2. The van der Waals surface area contributed by atoms with Gasteiger partial charge < -0.3 is 9.47 Å². The fourth-order valence-electron chi connectivity index (χ4n) is 1.65. The molecule has 0 unspecified atom stereocenters. The molecule has 0 aromatic heterocycles. The van der Waals surface area contributed by atoms with Crippen LogP contribution in [-0.2, 0) is 19.6 Å². The van der Waals surface area contributed by atoms with Crippen LogP contribution in [0.4, 0.5) is 0 Å². The van der Waals surface area contributed by atoms with E-state index in [4.69, 9.17) is 9.47 Å². The maximum Gasteiger partial charge on any atom is 0.307 e. The summed E-state index contributed by atoms with van der Waals surface area (Å²) in [5, 5.41) is 0. The maximum absolute atomic E-state index is 12.1. The number of hydrogen-bond donors (Lipinski definition) is 1. The fraction of sp³-hybridized carbons (Fsp3) is 0.462. The molecule has 1 rings (SSSR count). The van der Waals surface area contributed by atoms with E-state index in [9.17, 15) is 13.2 Å². The molecule has 0 saturated carbocycles. The Morgan fingerprint density at radius 2 is 2.05 bits per heavy atom. The topological polar surface area (TPSA) is 81.7 Å². The van der Waals surface area contributed by atoms with Crippen LogP contribution in [0.1, 0.15) is 18.9 Å². The van der Waals surface area contributed by atoms with Gasteiger partial charge in [-0.3, -0.25) is 4.79 Å². The van der Waals surface area contributed by atoms with Gasteiger partial charge in [0.25, 0.3) is 0 Å². The number of carbonyl (C=O) groups is 1. The minimum atomic E-state index is -3.64. The molecule has 1 aromatic carbocycles. The van der Waals surface area contributed by atoms with Crippen molar-refractivity contribution in [2.75, 3.05) is 20.3 Å². The van der Waals surface area contributed by atoms with Gasteiger partial charge in [-0.15, -0.1) is 0 Å². The maximum atomic E-state index is 12.1. The number of ether oxygens (including phenoxy) is 2. The number of benzene rings is 1. The van der Waals surface area contributed by atoms with E-state index in [-0.39, 0.29) is 24.5 Å². The van der Waals surface area contributed by atoms with E-state index >= 15 is 0 Å². The minimum Gasteiger partial charge on any atom is -0.497 e. The summed E-state index contributed by atoms with van der Waals surface area (Å²) in [5.41, 5.74) is 0.577. The van der Waals surface area contributed by atoms with Crippen molar-refractivity contribution in [3.05, 3.63) is 23.8 Å². The van der Waals surface area contributed by atoms with E-state index in [1.54, 1.807) is 26.0 Å². The molecule has 112 valence electrons. The third kappa shape index (κ3) is 4.50. The first-order valence-corrected chi connectivity index (χ1v) is 7.69. The lowest BCUT2D eigenvalue weighted by molar-refractivity contribution is -0.142. The summed E-state index contributed by atoms with van der Waals surface area (Å²) in [5.74, 6) is 0.162. The van der Waals surface area contributed by atoms with E-state index in [1.165, 1.54) is 13.2 Å². The summed E-state index contributed by atoms with van der Waals surface area (Å²) >= 11 is 0. The number of nitrogens with one attached hydrogen (secondary N) is 1. The van der Waals surface area contributed by atoms with Gasteiger partial charge in [0, 0.05) is 6.54 Å². The Morgan fingerprint density at radius 3 is 2.60 bits per heavy atom. The van der Waals surface area contributed by atoms with Crippen molar-refractivity contribution in [2.24, 2.45) is 0 Å². The van der Waals surface area contributed by atoms with Crippen molar-refractivity contribution in [1.82, 2.24) is 4.72 Å². The Bertz CT molecular complexity index is 568. The number of carbonyl (C=O) groups excluding carboxylic acids is 1. The van der Waals surface area contributed by atoms with Crippen molar-refractivity contribution >= 4 is 16.0 Å². The fourth-order valence-corrected chi connectivity index (χ4v) is 2.91. The van der Waals surface area contributed by atoms with Crippen LogP contribution in [0.5, 0.6) is 5.75 Å². The lowest BCUT2D eigenvalue weighted by Gasteiger charge is -2.10. The van der Waals surface area contributed by atoms with Gasteiger partial charge in [0.05, 0.1) is 25.0 Å². The molecule has 6 nitrogen and oxygen atoms in total. The first-order chi connectivity index (χ1) is 9.40. The highest BCUT2D eigenvalue weighted by atomic mass is 32.2. The molecule has 1 N–H and O–H groups in total. The average molecular weight is 301 g/mol. The largest absolute Gasteiger partial charge is 0.497 e. The van der Waals surface area contributed by atoms with Gasteiger partial charge in [-0.2, -0.15) is 0 Å². The van der Waals surface area contributed by atoms with Gasteiger partial charge >= 0.3 is 5.97 Å². The Labute approximate surface area is 119 Å². The number of rotatable bonds is 7. The van der Waals surface area contributed by atoms with Crippen LogP contribution in [-0.4, -0.2) is 34.6 Å². The lowest BCUT2D eigenvalue weighted by atomic mass is 10.2. The summed E-state index contributed by atoms with van der Waals surface area (Å²) in [4.78, 5) is 11.3. The zero-order chi connectivity index (χ0) is 15.2. The van der Waals surface area contributed by atoms with Crippen LogP contribution in [0.25, 0.3) is 0 Å². The Kier molecular flexibility index (Phi) is 5.97. The molecule has 0 aliphatic heterocycles. The first-order valence-electron chi connectivity index (χ1n) is 6.20. The lowest BCUT2D eigenvalue weighted by Crippen LogP contribution is -2.27. The van der Waals surface area contributed by atoms with E-state index in [2.05, 4.69) is 4.72 Å². The quantitative estimate of drug-likeness (QED) is 0.766. The van der Waals surface area contributed by atoms with E-state index in [0.29, 0.717) is 11.3 Å². The van der Waals surface area contributed by atoms with E-state index in [0.717, 1.165) is 0 Å². The number of esters is 1. The zero-order valence-electron chi connectivity index (χ0n) is 11.8. The second-order valence-corrected chi connectivity index (χ2v) is 5.82. The summed E-state index contributed by atoms with van der Waals surface area (Å²) in [6, 6.07) is 4.69. The van der Waals surface area contributed by atoms with E-state index < -0.39 is 16.0 Å². The molecule has 1 aromatic rings. The highest BCUT2D eigenvalue weighted by Crippen LogP contribution is 2.20. The monoisotopic (exact) mass is 301 g/mol. The highest BCUT2D eigenvalue weighted by molar-refractivity contribution is 7.89. The van der Waals surface area contributed by atoms with Crippen LogP contribution >= 0.6 is 0 Å². The molecule has 0 aliphatic rings. The molecule has 0 aliphatic carbocycles. The van der Waals surface area contributed by atoms with Gasteiger partial charge in [0.15, 0.2) is 0 Å². The zero-order valence-corrected chi connectivity index (χ0v) is 12.6. The van der Waals surface area contributed by atoms with E-state index in [1.807, 2.05) is 0 Å². The van der Waals surface area contributed by atoms with Gasteiger partial charge in [0.1, 0.15) is 5.75 Å². The van der Waals surface area contributed by atoms with Crippen molar-refractivity contribution < 1.29 is 22.7 Å². The van der Waals surface area contributed by atoms with Crippen molar-refractivity contribution in [3.63, 3.8) is 0 Å². The van der Waals surface area contributed by atoms with Crippen LogP contribution in [0.3, 0.4) is 0 Å². The molecule has 20 heavy (non-hydrogen) atoms. The molecule has 0 atom stereocenters. The SMILES string of the molecule is CCOC(=O)CCNS(=O)(=O)c1ccc(OC)cc1C. The predicted molar refractivity (Wildman–Crippen MR) is 74.2 cm³/mol. The van der Waals surface area contributed by atoms with Crippen molar-refractivity contribution in [3.8, 4) is 5.75 Å². The smallest absolute Gasteiger partial charge is 0.307 e. The van der Waals surface area contributed by atoms with Crippen LogP contribution in [0, 0.1) is 6.92 Å². The number of methoxy groups -OCH3 is 1. The van der Waals surface area contributed by atoms with Crippen molar-refractivity contribution in [2.45, 2.75) is 25.2 Å². The molecule has 7 heteroatoms. The molecule has 0 heterocycles. The molecule has 0 saturated heterocycles. The second kappa shape index (κ2) is 7.25. The van der Waals surface area contributed by atoms with Gasteiger partial charge in [-0.05, 0) is 37.6 Å². The standard InChI is InChI=1S/C13H19NO5S/c1-4-19-13(15)7-8-14-20(16,17)12-6-5-11(18-3)9-10(12)2/h5-6,9,14H,4,7-8H2,1-3H3. The molecule has 0 radical (unpaired) electrons. The molecular formula is C13H19NO5S. The van der Waals surface area contributed by atoms with Crippen LogP contribution < -0.4 is 9.46 Å². The molecule has 0 spiro atoms. The second-order valence-electron chi connectivity index (χ2n) is 4.08. The van der Waals surface area contributed by atoms with Crippen LogP contribution in [0.2, 0.25) is 0 Å². The van der Waals surface area contributed by atoms with Crippen LogP contribution in [0.15, 0.2) is 23.1 Å². The third-order valence-corrected chi connectivity index (χ3v) is 4.22. The Balaban J connectivity index is 2.72. The third-order valence-electron chi connectivity index (χ3n) is 2.60. The Morgan fingerprint density at radius 1 is 1.35 bits per heavy atom. The number of hydrogen-bond acceptors (Lipinski definition) is 5.